The first-order valence-electron chi connectivity index (χ1n) is 4.84. The molecule has 0 aliphatic rings. The fraction of sp³-hybridized carbons (Fsp3) is 0.200. The zero-order chi connectivity index (χ0) is 12.4. The minimum absolute atomic E-state index is 0.311. The van der Waals surface area contributed by atoms with Gasteiger partial charge in [-0.1, -0.05) is 5.16 Å². The van der Waals surface area contributed by atoms with Gasteiger partial charge in [0.25, 0.3) is 0 Å². The molecule has 1 aromatic carbocycles. The maximum absolute atomic E-state index is 13.3. The maximum atomic E-state index is 13.3. The van der Waals surface area contributed by atoms with Crippen molar-refractivity contribution in [2.45, 2.75) is 13.5 Å². The molecule has 0 fully saturated rings. The van der Waals surface area contributed by atoms with E-state index in [9.17, 15) is 4.39 Å². The van der Waals surface area contributed by atoms with Crippen molar-refractivity contribution in [3.05, 3.63) is 33.2 Å². The van der Waals surface area contributed by atoms with Crippen LogP contribution in [0, 0.1) is 16.3 Å². The average Bonchev–Trinajstić information content (AvgIpc) is 2.68. The fourth-order valence-corrected chi connectivity index (χ4v) is 1.79. The quantitative estimate of drug-likeness (QED) is 0.658. The molecule has 0 aliphatic carbocycles. The molecule has 0 bridgehead atoms. The number of nitrogens with one attached hydrogen (secondary N) is 1. The molecule has 0 saturated carbocycles. The van der Waals surface area contributed by atoms with Gasteiger partial charge in [-0.15, -0.1) is 0 Å². The summed E-state index contributed by atoms with van der Waals surface area (Å²) in [4.78, 5) is 4.02. The summed E-state index contributed by atoms with van der Waals surface area (Å²) in [5, 5.41) is 6.60. The molecule has 3 N–H and O–H groups in total. The molecular weight excluding hydrogens is 338 g/mol. The van der Waals surface area contributed by atoms with Gasteiger partial charge < -0.3 is 15.6 Å². The largest absolute Gasteiger partial charge is 0.397 e. The van der Waals surface area contributed by atoms with Gasteiger partial charge in [0.05, 0.1) is 21.5 Å². The van der Waals surface area contributed by atoms with E-state index in [0.29, 0.717) is 33.2 Å². The Labute approximate surface area is 111 Å². The Hall–Kier alpha value is -1.38. The van der Waals surface area contributed by atoms with Crippen molar-refractivity contribution in [2.75, 3.05) is 11.1 Å². The summed E-state index contributed by atoms with van der Waals surface area (Å²) < 4.78 is 18.7. The van der Waals surface area contributed by atoms with Crippen molar-refractivity contribution >= 4 is 34.0 Å². The summed E-state index contributed by atoms with van der Waals surface area (Å²) in [6.45, 7) is 2.04. The lowest BCUT2D eigenvalue weighted by atomic mass is 10.2. The summed E-state index contributed by atoms with van der Waals surface area (Å²) >= 11 is 1.89. The molecule has 7 heteroatoms. The van der Waals surface area contributed by atoms with Crippen LogP contribution >= 0.6 is 22.6 Å². The van der Waals surface area contributed by atoms with E-state index in [2.05, 4.69) is 15.5 Å². The molecule has 2 aromatic rings. The van der Waals surface area contributed by atoms with E-state index in [-0.39, 0.29) is 5.82 Å². The van der Waals surface area contributed by atoms with Crippen molar-refractivity contribution < 1.29 is 8.91 Å². The molecule has 0 radical (unpaired) electrons. The molecule has 0 saturated heterocycles. The number of anilines is 2. The number of nitrogens with two attached hydrogens (primary N) is 1. The molecule has 0 aliphatic heterocycles. The number of aromatic nitrogens is 2. The number of rotatable bonds is 3. The highest BCUT2D eigenvalue weighted by atomic mass is 127. The van der Waals surface area contributed by atoms with Gasteiger partial charge in [-0.25, -0.2) is 4.39 Å². The van der Waals surface area contributed by atoms with E-state index in [4.69, 9.17) is 10.3 Å². The van der Waals surface area contributed by atoms with Crippen LogP contribution in [0.1, 0.15) is 11.7 Å². The topological polar surface area (TPSA) is 77.0 Å². The van der Waals surface area contributed by atoms with E-state index >= 15 is 0 Å². The molecule has 1 heterocycles. The zero-order valence-electron chi connectivity index (χ0n) is 9.00. The van der Waals surface area contributed by atoms with Crippen molar-refractivity contribution in [1.29, 1.82) is 0 Å². The number of nitrogens with zero attached hydrogens (tertiary/aromatic N) is 2. The van der Waals surface area contributed by atoms with Crippen LogP contribution in [0.2, 0.25) is 0 Å². The molecule has 1 aromatic heterocycles. The number of hydrogen-bond donors (Lipinski definition) is 2. The third kappa shape index (κ3) is 2.84. The highest BCUT2D eigenvalue weighted by molar-refractivity contribution is 14.1. The van der Waals surface area contributed by atoms with Crippen LogP contribution in [-0.2, 0) is 6.54 Å². The van der Waals surface area contributed by atoms with Gasteiger partial charge in [0, 0.05) is 6.07 Å². The van der Waals surface area contributed by atoms with Crippen molar-refractivity contribution in [3.8, 4) is 0 Å². The lowest BCUT2D eigenvalue weighted by Gasteiger charge is -2.08. The molecule has 90 valence electrons. The number of nitrogen functional groups attached to an aromatic ring is 1. The van der Waals surface area contributed by atoms with E-state index in [1.807, 2.05) is 22.6 Å². The van der Waals surface area contributed by atoms with Gasteiger partial charge in [0.2, 0.25) is 5.89 Å². The summed E-state index contributed by atoms with van der Waals surface area (Å²) in [6, 6.07) is 2.91. The van der Waals surface area contributed by atoms with E-state index in [1.165, 1.54) is 6.07 Å². The Morgan fingerprint density at radius 1 is 1.53 bits per heavy atom. The Morgan fingerprint density at radius 3 is 2.94 bits per heavy atom. The van der Waals surface area contributed by atoms with Crippen molar-refractivity contribution in [2.24, 2.45) is 0 Å². The first-order valence-corrected chi connectivity index (χ1v) is 5.91. The lowest BCUT2D eigenvalue weighted by Crippen LogP contribution is -2.04. The van der Waals surface area contributed by atoms with E-state index in [1.54, 1.807) is 13.0 Å². The minimum Gasteiger partial charge on any atom is -0.397 e. The molecule has 0 spiro atoms. The second kappa shape index (κ2) is 4.86. The van der Waals surface area contributed by atoms with Gasteiger partial charge in [0.1, 0.15) is 5.82 Å². The van der Waals surface area contributed by atoms with Gasteiger partial charge in [0.15, 0.2) is 5.82 Å². The molecule has 0 unspecified atom stereocenters. The Morgan fingerprint density at radius 2 is 2.29 bits per heavy atom. The monoisotopic (exact) mass is 348 g/mol. The van der Waals surface area contributed by atoms with Crippen LogP contribution in [0.15, 0.2) is 16.7 Å². The number of hydrogen-bond acceptors (Lipinski definition) is 5. The molecule has 2 rings (SSSR count). The number of halogens is 2. The van der Waals surface area contributed by atoms with Crippen LogP contribution < -0.4 is 11.1 Å². The van der Waals surface area contributed by atoms with Crippen LogP contribution in [0.3, 0.4) is 0 Å². The second-order valence-electron chi connectivity index (χ2n) is 3.44. The predicted octanol–water partition coefficient (Wildman–Crippen LogP) is 2.32. The first-order chi connectivity index (χ1) is 8.06. The van der Waals surface area contributed by atoms with Crippen LogP contribution in [-0.4, -0.2) is 10.1 Å². The fourth-order valence-electron chi connectivity index (χ4n) is 1.30. The number of aryl methyl sites for hydroxylation is 1. The van der Waals surface area contributed by atoms with Crippen LogP contribution in [0.4, 0.5) is 15.8 Å². The van der Waals surface area contributed by atoms with Crippen LogP contribution in [0.25, 0.3) is 0 Å². The summed E-state index contributed by atoms with van der Waals surface area (Å²) in [5.41, 5.74) is 6.75. The highest BCUT2D eigenvalue weighted by Crippen LogP contribution is 2.24. The Bertz CT molecular complexity index is 543. The van der Waals surface area contributed by atoms with Crippen molar-refractivity contribution in [1.82, 2.24) is 10.1 Å². The summed E-state index contributed by atoms with van der Waals surface area (Å²) in [6.07, 6.45) is 0. The van der Waals surface area contributed by atoms with Gasteiger partial charge in [-0.05, 0) is 35.6 Å². The molecule has 0 amide bonds. The van der Waals surface area contributed by atoms with Gasteiger partial charge in [-0.2, -0.15) is 4.98 Å². The predicted molar refractivity (Wildman–Crippen MR) is 69.9 cm³/mol. The average molecular weight is 348 g/mol. The van der Waals surface area contributed by atoms with Gasteiger partial charge in [-0.3, -0.25) is 0 Å². The van der Waals surface area contributed by atoms with Crippen molar-refractivity contribution in [3.63, 3.8) is 0 Å². The van der Waals surface area contributed by atoms with E-state index < -0.39 is 0 Å². The summed E-state index contributed by atoms with van der Waals surface area (Å²) in [7, 11) is 0. The first kappa shape index (κ1) is 12.1. The summed E-state index contributed by atoms with van der Waals surface area (Å²) in [5.74, 6) is 0.674. The smallest absolute Gasteiger partial charge is 0.245 e. The highest BCUT2D eigenvalue weighted by Gasteiger charge is 2.07. The molecule has 17 heavy (non-hydrogen) atoms. The Kier molecular flexibility index (Phi) is 3.46. The van der Waals surface area contributed by atoms with Gasteiger partial charge >= 0.3 is 0 Å². The number of benzene rings is 1. The molecule has 0 atom stereocenters. The maximum Gasteiger partial charge on any atom is 0.245 e. The van der Waals surface area contributed by atoms with E-state index in [0.717, 1.165) is 0 Å². The molecular formula is C10H10FIN4O. The Balaban J connectivity index is 2.11. The minimum atomic E-state index is -0.316. The SMILES string of the molecule is Cc1noc(CNc2cc(F)c(I)cc2N)n1. The third-order valence-corrected chi connectivity index (χ3v) is 2.92. The normalized spacial score (nSPS) is 10.5. The zero-order valence-corrected chi connectivity index (χ0v) is 11.2. The van der Waals surface area contributed by atoms with Crippen LogP contribution in [0.5, 0.6) is 0 Å². The third-order valence-electron chi connectivity index (χ3n) is 2.09. The second-order valence-corrected chi connectivity index (χ2v) is 4.60. The lowest BCUT2D eigenvalue weighted by molar-refractivity contribution is 0.379. The molecule has 5 nitrogen and oxygen atoms in total. The standard InChI is InChI=1S/C10H10FIN4O/c1-5-15-10(17-16-5)4-14-9-2-6(11)7(12)3-8(9)13/h2-3,14H,4,13H2,1H3.